The number of hydrogen-bond acceptors (Lipinski definition) is 5. The minimum absolute atomic E-state index is 0.339. The average Bonchev–Trinajstić information content (AvgIpc) is 2.78. The Kier molecular flexibility index (Phi) is 3.07. The van der Waals surface area contributed by atoms with Crippen LogP contribution in [0.4, 0.5) is 0 Å². The average molecular weight is 290 g/mol. The van der Waals surface area contributed by atoms with Crippen LogP contribution >= 0.6 is 0 Å². The van der Waals surface area contributed by atoms with Crippen LogP contribution in [0.5, 0.6) is 5.75 Å². The van der Waals surface area contributed by atoms with E-state index in [0.29, 0.717) is 16.9 Å². The van der Waals surface area contributed by atoms with E-state index in [9.17, 15) is 9.90 Å². The lowest BCUT2D eigenvalue weighted by molar-refractivity contribution is -0.0883. The van der Waals surface area contributed by atoms with Gasteiger partial charge >= 0.3 is 5.63 Å². The van der Waals surface area contributed by atoms with Crippen molar-refractivity contribution in [2.24, 2.45) is 0 Å². The second-order valence-corrected chi connectivity index (χ2v) is 5.93. The van der Waals surface area contributed by atoms with E-state index in [1.165, 1.54) is 7.11 Å². The van der Waals surface area contributed by atoms with Crippen LogP contribution in [0, 0.1) is 6.92 Å². The van der Waals surface area contributed by atoms with Crippen LogP contribution in [0.15, 0.2) is 27.4 Å². The van der Waals surface area contributed by atoms with Gasteiger partial charge < -0.3 is 19.0 Å². The molecule has 21 heavy (non-hydrogen) atoms. The minimum Gasteiger partial charge on any atom is -0.483 e. The lowest BCUT2D eigenvalue weighted by atomic mass is 9.94. The Morgan fingerprint density at radius 2 is 2.05 bits per heavy atom. The van der Waals surface area contributed by atoms with E-state index in [2.05, 4.69) is 0 Å². The van der Waals surface area contributed by atoms with Gasteiger partial charge in [0.1, 0.15) is 23.0 Å². The van der Waals surface area contributed by atoms with Crippen molar-refractivity contribution < 1.29 is 19.0 Å². The first-order valence-corrected chi connectivity index (χ1v) is 6.82. The summed E-state index contributed by atoms with van der Waals surface area (Å²) in [6.45, 7) is 5.18. The Hall–Kier alpha value is -1.85. The van der Waals surface area contributed by atoms with Gasteiger partial charge in [-0.25, -0.2) is 4.79 Å². The Balaban J connectivity index is 2.33. The normalized spacial score (nSPS) is 21.4. The van der Waals surface area contributed by atoms with Crippen LogP contribution < -0.4 is 10.4 Å². The molecule has 112 valence electrons. The highest BCUT2D eigenvalue weighted by Gasteiger charge is 2.46. The number of aryl methyl sites for hydroxylation is 1. The third-order valence-corrected chi connectivity index (χ3v) is 3.88. The zero-order chi connectivity index (χ0) is 15.4. The highest BCUT2D eigenvalue weighted by Crippen LogP contribution is 2.45. The third kappa shape index (κ3) is 2.04. The molecule has 1 aliphatic heterocycles. The van der Waals surface area contributed by atoms with E-state index < -0.39 is 23.4 Å². The van der Waals surface area contributed by atoms with Crippen LogP contribution in [0.3, 0.4) is 0 Å². The molecular weight excluding hydrogens is 272 g/mol. The Morgan fingerprint density at radius 3 is 2.67 bits per heavy atom. The molecule has 3 rings (SSSR count). The molecule has 2 atom stereocenters. The van der Waals surface area contributed by atoms with Gasteiger partial charge in [-0.3, -0.25) is 0 Å². The Morgan fingerprint density at radius 1 is 1.33 bits per heavy atom. The van der Waals surface area contributed by atoms with Crippen molar-refractivity contribution in [1.82, 2.24) is 0 Å². The number of rotatable bonds is 2. The van der Waals surface area contributed by atoms with E-state index in [0.717, 1.165) is 10.9 Å². The summed E-state index contributed by atoms with van der Waals surface area (Å²) in [6, 6.07) is 5.47. The summed E-state index contributed by atoms with van der Waals surface area (Å²) in [5.41, 5.74) is 0.123. The highest BCUT2D eigenvalue weighted by molar-refractivity contribution is 5.88. The molecule has 0 saturated carbocycles. The van der Waals surface area contributed by atoms with Crippen LogP contribution in [0.25, 0.3) is 11.0 Å². The molecule has 0 aliphatic carbocycles. The lowest BCUT2D eigenvalue weighted by Gasteiger charge is -2.28. The third-order valence-electron chi connectivity index (χ3n) is 3.88. The number of fused-ring (bicyclic) bond motifs is 3. The summed E-state index contributed by atoms with van der Waals surface area (Å²) in [6.07, 6.45) is -1.31. The smallest absolute Gasteiger partial charge is 0.346 e. The summed E-state index contributed by atoms with van der Waals surface area (Å²) < 4.78 is 16.7. The topological polar surface area (TPSA) is 68.9 Å². The molecule has 0 saturated heterocycles. The number of benzene rings is 1. The van der Waals surface area contributed by atoms with Crippen LogP contribution in [0.2, 0.25) is 0 Å². The molecule has 2 unspecified atom stereocenters. The van der Waals surface area contributed by atoms with Gasteiger partial charge in [0.25, 0.3) is 0 Å². The zero-order valence-electron chi connectivity index (χ0n) is 12.5. The van der Waals surface area contributed by atoms with Gasteiger partial charge in [-0.1, -0.05) is 12.1 Å². The number of methoxy groups -OCH3 is 1. The van der Waals surface area contributed by atoms with Gasteiger partial charge in [-0.05, 0) is 32.4 Å². The molecule has 0 bridgehead atoms. The second kappa shape index (κ2) is 4.58. The Bertz CT molecular complexity index is 754. The number of hydrogen-bond donors (Lipinski definition) is 1. The maximum Gasteiger partial charge on any atom is 0.346 e. The fourth-order valence-electron chi connectivity index (χ4n) is 2.86. The second-order valence-electron chi connectivity index (χ2n) is 5.93. The molecule has 2 aromatic rings. The molecule has 1 aromatic carbocycles. The fourth-order valence-corrected chi connectivity index (χ4v) is 2.86. The van der Waals surface area contributed by atoms with Crippen molar-refractivity contribution in [3.8, 4) is 5.75 Å². The van der Waals surface area contributed by atoms with E-state index in [4.69, 9.17) is 13.9 Å². The van der Waals surface area contributed by atoms with E-state index >= 15 is 0 Å². The summed E-state index contributed by atoms with van der Waals surface area (Å²) in [5.74, 6) is 0.457. The summed E-state index contributed by atoms with van der Waals surface area (Å²) in [4.78, 5) is 12.3. The Labute approximate surface area is 122 Å². The zero-order valence-corrected chi connectivity index (χ0v) is 12.5. The van der Waals surface area contributed by atoms with Gasteiger partial charge in [0.05, 0.1) is 11.0 Å². The predicted molar refractivity (Wildman–Crippen MR) is 77.7 cm³/mol. The summed E-state index contributed by atoms with van der Waals surface area (Å²) >= 11 is 0. The maximum absolute atomic E-state index is 12.3. The van der Waals surface area contributed by atoms with Crippen LogP contribution in [-0.2, 0) is 4.74 Å². The van der Waals surface area contributed by atoms with Crippen molar-refractivity contribution in [1.29, 1.82) is 0 Å². The first kappa shape index (κ1) is 14.1. The van der Waals surface area contributed by atoms with Crippen molar-refractivity contribution in [3.05, 3.63) is 39.7 Å². The largest absolute Gasteiger partial charge is 0.483 e. The molecule has 0 radical (unpaired) electrons. The van der Waals surface area contributed by atoms with E-state index in [1.807, 2.05) is 19.1 Å². The summed E-state index contributed by atoms with van der Waals surface area (Å²) in [7, 11) is 1.49. The molecule has 0 spiro atoms. The fraction of sp³-hybridized carbons (Fsp3) is 0.438. The molecule has 2 heterocycles. The van der Waals surface area contributed by atoms with Gasteiger partial charge in [0, 0.05) is 7.11 Å². The number of ether oxygens (including phenoxy) is 2. The number of aliphatic hydroxyl groups is 1. The van der Waals surface area contributed by atoms with Gasteiger partial charge in [-0.2, -0.15) is 0 Å². The highest BCUT2D eigenvalue weighted by atomic mass is 16.6. The predicted octanol–water partition coefficient (Wildman–Crippen LogP) is 2.32. The minimum atomic E-state index is -1.15. The van der Waals surface area contributed by atoms with Gasteiger partial charge in [0.2, 0.25) is 0 Å². The quantitative estimate of drug-likeness (QED) is 0.860. The van der Waals surface area contributed by atoms with Crippen LogP contribution in [-0.4, -0.2) is 23.9 Å². The molecule has 1 aromatic heterocycles. The molecule has 0 fully saturated rings. The molecule has 5 heteroatoms. The molecular formula is C16H18O5. The first-order chi connectivity index (χ1) is 9.84. The maximum atomic E-state index is 12.3. The standard InChI is InChI=1S/C16H18O5/c1-8-6-5-7-9-10(8)12-11(15(17)20-9)13(19-4)14(21-12)16(2,3)18/h5-7,13-14,18H,1-4H3. The first-order valence-electron chi connectivity index (χ1n) is 6.82. The molecule has 5 nitrogen and oxygen atoms in total. The van der Waals surface area contributed by atoms with Crippen molar-refractivity contribution in [2.45, 2.75) is 38.6 Å². The monoisotopic (exact) mass is 290 g/mol. The van der Waals surface area contributed by atoms with Crippen molar-refractivity contribution >= 4 is 11.0 Å². The van der Waals surface area contributed by atoms with E-state index in [1.54, 1.807) is 19.9 Å². The van der Waals surface area contributed by atoms with Gasteiger partial charge in [-0.15, -0.1) is 0 Å². The lowest BCUT2D eigenvalue weighted by Crippen LogP contribution is -2.42. The molecule has 1 N–H and O–H groups in total. The van der Waals surface area contributed by atoms with Gasteiger partial charge in [0.15, 0.2) is 6.10 Å². The summed E-state index contributed by atoms with van der Waals surface area (Å²) in [5, 5.41) is 11.0. The van der Waals surface area contributed by atoms with Crippen LogP contribution in [0.1, 0.15) is 31.1 Å². The molecule has 1 aliphatic rings. The van der Waals surface area contributed by atoms with Crippen molar-refractivity contribution in [2.75, 3.05) is 7.11 Å². The van der Waals surface area contributed by atoms with Crippen molar-refractivity contribution in [3.63, 3.8) is 0 Å². The SMILES string of the molecule is COC1c2c(c3c(C)cccc3oc2=O)OC1C(C)(C)O. The molecule has 0 amide bonds. The van der Waals surface area contributed by atoms with E-state index in [-0.39, 0.29) is 0 Å².